The van der Waals surface area contributed by atoms with Crippen LogP contribution in [0.25, 0.3) is 22.0 Å². The van der Waals surface area contributed by atoms with E-state index in [1.54, 1.807) is 43.3 Å². The van der Waals surface area contributed by atoms with E-state index >= 15 is 0 Å². The topological polar surface area (TPSA) is 178 Å². The summed E-state index contributed by atoms with van der Waals surface area (Å²) in [7, 11) is -4.71. The van der Waals surface area contributed by atoms with Gasteiger partial charge >= 0.3 is 10.1 Å². The Labute approximate surface area is 304 Å². The first-order valence-electron chi connectivity index (χ1n) is 16.8. The quantitative estimate of drug-likeness (QED) is 0.216. The van der Waals surface area contributed by atoms with Crippen LogP contribution >= 0.6 is 0 Å². The van der Waals surface area contributed by atoms with E-state index in [0.29, 0.717) is 33.2 Å². The lowest BCUT2D eigenvalue weighted by molar-refractivity contribution is -0.138. The van der Waals surface area contributed by atoms with Crippen LogP contribution in [0.3, 0.4) is 0 Å². The number of fused-ring (bicyclic) bond motifs is 1. The van der Waals surface area contributed by atoms with Crippen LogP contribution in [0.1, 0.15) is 32.8 Å². The number of carbonyl (C=O) groups is 3. The number of halogens is 2. The Morgan fingerprint density at radius 3 is 2.49 bits per heavy atom. The van der Waals surface area contributed by atoms with Crippen molar-refractivity contribution in [3.63, 3.8) is 0 Å². The van der Waals surface area contributed by atoms with Crippen molar-refractivity contribution in [1.29, 1.82) is 5.26 Å². The van der Waals surface area contributed by atoms with Crippen LogP contribution < -0.4 is 10.6 Å². The molecule has 0 bridgehead atoms. The van der Waals surface area contributed by atoms with Gasteiger partial charge in [0.15, 0.2) is 0 Å². The predicted molar refractivity (Wildman–Crippen MR) is 188 cm³/mol. The summed E-state index contributed by atoms with van der Waals surface area (Å²) in [6, 6.07) is 15.2. The summed E-state index contributed by atoms with van der Waals surface area (Å²) in [5.74, 6) is -5.86. The first-order valence-corrected chi connectivity index (χ1v) is 18.2. The summed E-state index contributed by atoms with van der Waals surface area (Å²) in [6.07, 6.45) is 1.91. The molecule has 6 rings (SSSR count). The summed E-state index contributed by atoms with van der Waals surface area (Å²) in [6.45, 7) is 4.40. The molecular weight excluding hydrogens is 711 g/mol. The Balaban J connectivity index is 1.26. The van der Waals surface area contributed by atoms with Gasteiger partial charge in [0.1, 0.15) is 18.3 Å². The second-order valence-corrected chi connectivity index (χ2v) is 14.3. The molecule has 0 saturated carbocycles. The van der Waals surface area contributed by atoms with Gasteiger partial charge in [-0.3, -0.25) is 29.3 Å². The molecule has 53 heavy (non-hydrogen) atoms. The van der Waals surface area contributed by atoms with E-state index in [4.69, 9.17) is 4.28 Å². The first kappa shape index (κ1) is 37.4. The predicted octanol–water partition coefficient (Wildman–Crippen LogP) is 2.76. The van der Waals surface area contributed by atoms with Gasteiger partial charge in [0, 0.05) is 69.0 Å². The molecule has 3 amide bonds. The summed E-state index contributed by atoms with van der Waals surface area (Å²) >= 11 is 0. The van der Waals surface area contributed by atoms with Gasteiger partial charge in [-0.15, -0.1) is 4.28 Å². The number of amides is 3. The van der Waals surface area contributed by atoms with Crippen molar-refractivity contribution in [3.8, 4) is 17.2 Å². The van der Waals surface area contributed by atoms with Gasteiger partial charge < -0.3 is 15.5 Å². The van der Waals surface area contributed by atoms with E-state index in [2.05, 4.69) is 25.5 Å². The van der Waals surface area contributed by atoms with Crippen LogP contribution in [-0.4, -0.2) is 115 Å². The largest absolute Gasteiger partial charge is 0.349 e. The number of carbonyl (C=O) groups excluding carboxylic acids is 3. The number of benzene rings is 2. The number of nitrogens with one attached hydrogen (secondary N) is 2. The van der Waals surface area contributed by atoms with Gasteiger partial charge in [-0.25, -0.2) is 8.78 Å². The molecule has 2 saturated heterocycles. The molecule has 0 unspecified atom stereocenters. The van der Waals surface area contributed by atoms with E-state index in [1.807, 2.05) is 0 Å². The third-order valence-corrected chi connectivity index (χ3v) is 10.2. The molecule has 0 radical (unpaired) electrons. The fraction of sp³-hybridized carbons (Fsp3) is 0.333. The van der Waals surface area contributed by atoms with Crippen molar-refractivity contribution >= 4 is 38.7 Å². The zero-order valence-corrected chi connectivity index (χ0v) is 29.5. The van der Waals surface area contributed by atoms with Crippen molar-refractivity contribution in [3.05, 3.63) is 89.9 Å². The lowest BCUT2D eigenvalue weighted by Crippen LogP contribution is -2.46. The maximum absolute atomic E-state index is 14.2. The Bertz CT molecular complexity index is 2160. The molecule has 17 heteroatoms. The van der Waals surface area contributed by atoms with Crippen molar-refractivity contribution in [2.24, 2.45) is 0 Å². The second kappa shape index (κ2) is 15.7. The smallest absolute Gasteiger partial charge is 0.317 e. The monoisotopic (exact) mass is 746 g/mol. The third-order valence-electron chi connectivity index (χ3n) is 8.97. The Morgan fingerprint density at radius 1 is 1.06 bits per heavy atom. The minimum Gasteiger partial charge on any atom is -0.349 e. The average Bonchev–Trinajstić information content (AvgIpc) is 3.48. The number of likely N-dealkylation sites (tertiary alicyclic amines) is 1. The Kier molecular flexibility index (Phi) is 11.0. The van der Waals surface area contributed by atoms with Crippen LogP contribution in [0.15, 0.2) is 78.0 Å². The fourth-order valence-electron chi connectivity index (χ4n) is 6.10. The molecule has 1 atom stereocenters. The van der Waals surface area contributed by atoms with E-state index in [-0.39, 0.29) is 27.4 Å². The number of nitrogens with zero attached hydrogens (tertiary/aromatic N) is 6. The molecule has 4 aromatic rings. The van der Waals surface area contributed by atoms with Crippen LogP contribution in [0.2, 0.25) is 0 Å². The molecule has 2 aromatic carbocycles. The van der Waals surface area contributed by atoms with Crippen molar-refractivity contribution in [2.75, 3.05) is 52.4 Å². The lowest BCUT2D eigenvalue weighted by Gasteiger charge is -2.27. The number of hydrogen-bond acceptors (Lipinski definition) is 11. The molecule has 276 valence electrons. The molecule has 14 nitrogen and oxygen atoms in total. The highest BCUT2D eigenvalue weighted by Gasteiger charge is 2.48. The van der Waals surface area contributed by atoms with Gasteiger partial charge in [-0.1, -0.05) is 29.8 Å². The second-order valence-electron chi connectivity index (χ2n) is 12.8. The average molecular weight is 747 g/mol. The van der Waals surface area contributed by atoms with Gasteiger partial charge in [0.25, 0.3) is 17.7 Å². The van der Waals surface area contributed by atoms with E-state index in [9.17, 15) is 36.8 Å². The van der Waals surface area contributed by atoms with E-state index < -0.39 is 53.4 Å². The number of alkyl halides is 2. The van der Waals surface area contributed by atoms with Crippen LogP contribution in [-0.2, 0) is 19.2 Å². The first-order chi connectivity index (χ1) is 25.3. The lowest BCUT2D eigenvalue weighted by atomic mass is 10.0. The van der Waals surface area contributed by atoms with Crippen LogP contribution in [0.5, 0.6) is 0 Å². The summed E-state index contributed by atoms with van der Waals surface area (Å²) < 4.78 is 60.4. The van der Waals surface area contributed by atoms with Gasteiger partial charge in [-0.2, -0.15) is 18.7 Å². The number of aromatic nitrogens is 2. The molecule has 2 aliphatic rings. The van der Waals surface area contributed by atoms with Crippen LogP contribution in [0, 0.1) is 18.3 Å². The van der Waals surface area contributed by atoms with Crippen molar-refractivity contribution < 1.29 is 35.9 Å². The zero-order valence-electron chi connectivity index (χ0n) is 28.7. The molecule has 2 fully saturated rings. The summed E-state index contributed by atoms with van der Waals surface area (Å²) in [5.41, 5.74) is 2.36. The zero-order chi connectivity index (χ0) is 37.8. The third kappa shape index (κ3) is 8.80. The van der Waals surface area contributed by atoms with Gasteiger partial charge in [0.05, 0.1) is 28.6 Å². The molecule has 2 aliphatic heterocycles. The highest BCUT2D eigenvalue weighted by atomic mass is 32.2. The molecule has 0 aliphatic carbocycles. The standard InChI is InChI=1S/C36H36F2N8O6S/c1-24-2-6-28(7-3-24)53(50,51)52-46(22-33(47)45-23-36(37,38)19-27(45)20-39)35(49)29-10-11-41-31-8-4-25(18-30(29)31)26-5-9-32(43-21-26)34(48)42-14-17-44-15-12-40-13-16-44/h2-11,18,21,27,40H,12-17,19,22-23H2,1H3,(H,42,48)/t27-/m0/s1. The summed E-state index contributed by atoms with van der Waals surface area (Å²) in [4.78, 5) is 51.4. The maximum Gasteiger partial charge on any atom is 0.317 e. The highest BCUT2D eigenvalue weighted by Crippen LogP contribution is 2.32. The van der Waals surface area contributed by atoms with Crippen molar-refractivity contribution in [2.45, 2.75) is 30.2 Å². The molecule has 4 heterocycles. The molecular formula is C36H36F2N8O6S. The molecule has 2 aromatic heterocycles. The van der Waals surface area contributed by atoms with E-state index in [1.165, 1.54) is 42.7 Å². The normalized spacial score (nSPS) is 17.3. The minimum absolute atomic E-state index is 0.110. The van der Waals surface area contributed by atoms with Crippen molar-refractivity contribution in [1.82, 2.24) is 35.5 Å². The number of piperazine rings is 1. The number of pyridine rings is 2. The fourth-order valence-corrected chi connectivity index (χ4v) is 7.02. The van der Waals surface area contributed by atoms with Gasteiger partial charge in [0.2, 0.25) is 5.91 Å². The minimum atomic E-state index is -4.71. The highest BCUT2D eigenvalue weighted by molar-refractivity contribution is 7.86. The van der Waals surface area contributed by atoms with E-state index in [0.717, 1.165) is 38.3 Å². The Hall–Kier alpha value is -5.41. The SMILES string of the molecule is Cc1ccc(S(=O)(=O)ON(CC(=O)N2CC(F)(F)C[C@H]2C#N)C(=O)c2ccnc3ccc(-c4ccc(C(=O)NCCN5CCNCC5)nc4)cc23)cc1. The number of nitriles is 1. The number of hydroxylamine groups is 2. The maximum atomic E-state index is 14.2. The summed E-state index contributed by atoms with van der Waals surface area (Å²) in [5, 5.41) is 16.1. The van der Waals surface area contributed by atoms with Gasteiger partial charge in [-0.05, 0) is 48.9 Å². The molecule has 0 spiro atoms. The Morgan fingerprint density at radius 2 is 1.79 bits per heavy atom. The number of hydrogen-bond donors (Lipinski definition) is 2. The van der Waals surface area contributed by atoms with Crippen LogP contribution in [0.4, 0.5) is 8.78 Å². The molecule has 2 N–H and O–H groups in total. The number of aryl methyl sites for hydroxylation is 1. The number of rotatable bonds is 11.